The number of pyridine rings is 2. The molecule has 3 aromatic heterocycles. The zero-order chi connectivity index (χ0) is 15.1. The number of carbonyl (C=O) groups is 1. The normalized spacial score (nSPS) is 10.4. The SMILES string of the molecule is Cl.O=C(O)c1cn(-c2nccs2)c2[nH]c(=O)c(F)cc2c1=O. The van der Waals surface area contributed by atoms with E-state index < -0.39 is 28.3 Å². The Bertz CT molecular complexity index is 980. The third-order valence-corrected chi connectivity index (χ3v) is 3.59. The van der Waals surface area contributed by atoms with Gasteiger partial charge in [-0.3, -0.25) is 14.2 Å². The molecule has 0 unspecified atom stereocenters. The van der Waals surface area contributed by atoms with Crippen LogP contribution >= 0.6 is 23.7 Å². The maximum Gasteiger partial charge on any atom is 0.341 e. The molecule has 0 amide bonds. The molecule has 3 rings (SSSR count). The summed E-state index contributed by atoms with van der Waals surface area (Å²) in [6, 6.07) is 0.729. The van der Waals surface area contributed by atoms with Crippen LogP contribution in [0.5, 0.6) is 0 Å². The van der Waals surface area contributed by atoms with Gasteiger partial charge in [0.25, 0.3) is 5.56 Å². The van der Waals surface area contributed by atoms with Crippen LogP contribution in [0.15, 0.2) is 33.4 Å². The Labute approximate surface area is 131 Å². The number of aromatic amines is 1. The van der Waals surface area contributed by atoms with Crippen molar-refractivity contribution in [2.24, 2.45) is 0 Å². The van der Waals surface area contributed by atoms with E-state index in [-0.39, 0.29) is 23.4 Å². The predicted molar refractivity (Wildman–Crippen MR) is 80.0 cm³/mol. The number of hydrogen-bond donors (Lipinski definition) is 2. The molecule has 22 heavy (non-hydrogen) atoms. The van der Waals surface area contributed by atoms with Crippen molar-refractivity contribution in [1.82, 2.24) is 14.5 Å². The highest BCUT2D eigenvalue weighted by Crippen LogP contribution is 2.17. The molecule has 0 aliphatic heterocycles. The molecule has 0 aliphatic rings. The topological polar surface area (TPSA) is 105 Å². The molecule has 0 atom stereocenters. The first-order valence-corrected chi connectivity index (χ1v) is 6.48. The van der Waals surface area contributed by atoms with E-state index in [1.807, 2.05) is 0 Å². The second-order valence-corrected chi connectivity index (χ2v) is 4.94. The fourth-order valence-corrected chi connectivity index (χ4v) is 2.52. The fraction of sp³-hybridized carbons (Fsp3) is 0. The first-order valence-electron chi connectivity index (χ1n) is 5.60. The van der Waals surface area contributed by atoms with Gasteiger partial charge in [0.2, 0.25) is 5.43 Å². The van der Waals surface area contributed by atoms with Gasteiger partial charge >= 0.3 is 5.97 Å². The van der Waals surface area contributed by atoms with Crippen LogP contribution in [0, 0.1) is 5.82 Å². The highest BCUT2D eigenvalue weighted by Gasteiger charge is 2.18. The summed E-state index contributed by atoms with van der Waals surface area (Å²) >= 11 is 1.17. The van der Waals surface area contributed by atoms with Gasteiger partial charge in [0.1, 0.15) is 11.2 Å². The van der Waals surface area contributed by atoms with Crippen LogP contribution in [0.4, 0.5) is 4.39 Å². The van der Waals surface area contributed by atoms with Gasteiger partial charge in [-0.2, -0.15) is 0 Å². The van der Waals surface area contributed by atoms with E-state index in [1.54, 1.807) is 5.38 Å². The number of fused-ring (bicyclic) bond motifs is 1. The number of carboxylic acids is 1. The van der Waals surface area contributed by atoms with Crippen LogP contribution in [-0.2, 0) is 0 Å². The van der Waals surface area contributed by atoms with Crippen molar-refractivity contribution in [1.29, 1.82) is 0 Å². The highest BCUT2D eigenvalue weighted by molar-refractivity contribution is 7.12. The molecule has 0 radical (unpaired) electrons. The molecule has 0 aliphatic carbocycles. The smallest absolute Gasteiger partial charge is 0.341 e. The second kappa shape index (κ2) is 5.70. The number of aromatic carboxylic acids is 1. The largest absolute Gasteiger partial charge is 0.477 e. The van der Waals surface area contributed by atoms with Crippen molar-refractivity contribution in [3.63, 3.8) is 0 Å². The lowest BCUT2D eigenvalue weighted by Gasteiger charge is -2.08. The van der Waals surface area contributed by atoms with Gasteiger partial charge in [0.05, 0.1) is 5.39 Å². The van der Waals surface area contributed by atoms with Gasteiger partial charge in [0, 0.05) is 17.8 Å². The predicted octanol–water partition coefficient (Wildman–Crippen LogP) is 1.39. The molecular weight excluding hydrogens is 337 g/mol. The number of aromatic nitrogens is 3. The average Bonchev–Trinajstić information content (AvgIpc) is 2.95. The van der Waals surface area contributed by atoms with Crippen molar-refractivity contribution in [3.8, 4) is 5.13 Å². The molecule has 114 valence electrons. The lowest BCUT2D eigenvalue weighted by atomic mass is 10.2. The quantitative estimate of drug-likeness (QED) is 0.731. The summed E-state index contributed by atoms with van der Waals surface area (Å²) in [6.07, 6.45) is 2.53. The minimum absolute atomic E-state index is 0. The van der Waals surface area contributed by atoms with E-state index in [1.165, 1.54) is 22.1 Å². The Hall–Kier alpha value is -2.52. The monoisotopic (exact) mass is 343 g/mol. The number of hydrogen-bond acceptors (Lipinski definition) is 5. The zero-order valence-electron chi connectivity index (χ0n) is 10.6. The minimum Gasteiger partial charge on any atom is -0.477 e. The number of nitrogens with one attached hydrogen (secondary N) is 1. The van der Waals surface area contributed by atoms with Crippen LogP contribution in [0.25, 0.3) is 16.2 Å². The standard InChI is InChI=1S/C12H6FN3O4S.ClH/c13-7-3-5-8(17)6(11(19)20)4-16(9(5)15-10(7)18)12-14-1-2-21-12;/h1-4H,(H,15,18)(H,19,20);1H. The zero-order valence-corrected chi connectivity index (χ0v) is 12.2. The van der Waals surface area contributed by atoms with Crippen LogP contribution in [-0.4, -0.2) is 25.6 Å². The number of thiazole rings is 1. The molecular formula is C12H7ClFN3O4S. The number of H-pyrrole nitrogens is 1. The lowest BCUT2D eigenvalue weighted by Crippen LogP contribution is -2.22. The number of rotatable bonds is 2. The molecule has 0 bridgehead atoms. The summed E-state index contributed by atoms with van der Waals surface area (Å²) in [6.45, 7) is 0. The molecule has 10 heteroatoms. The van der Waals surface area contributed by atoms with Gasteiger partial charge in [-0.05, 0) is 6.07 Å². The highest BCUT2D eigenvalue weighted by atomic mass is 35.5. The molecule has 0 fully saturated rings. The summed E-state index contributed by atoms with van der Waals surface area (Å²) in [5.41, 5.74) is -2.42. The molecule has 3 heterocycles. The first kappa shape index (κ1) is 15.9. The van der Waals surface area contributed by atoms with E-state index in [4.69, 9.17) is 5.11 Å². The number of halogens is 2. The maximum absolute atomic E-state index is 13.4. The third kappa shape index (κ3) is 2.40. The van der Waals surface area contributed by atoms with Crippen LogP contribution in [0.2, 0.25) is 0 Å². The molecule has 7 nitrogen and oxygen atoms in total. The molecule has 2 N–H and O–H groups in total. The first-order chi connectivity index (χ1) is 9.99. The second-order valence-electron chi connectivity index (χ2n) is 4.07. The average molecular weight is 344 g/mol. The van der Waals surface area contributed by atoms with E-state index in [0.29, 0.717) is 5.13 Å². The van der Waals surface area contributed by atoms with Crippen LogP contribution < -0.4 is 11.0 Å². The summed E-state index contributed by atoms with van der Waals surface area (Å²) < 4.78 is 14.6. The van der Waals surface area contributed by atoms with Crippen molar-refractivity contribution in [3.05, 3.63) is 55.8 Å². The third-order valence-electron chi connectivity index (χ3n) is 2.82. The summed E-state index contributed by atoms with van der Waals surface area (Å²) in [7, 11) is 0. The molecule has 0 saturated heterocycles. The summed E-state index contributed by atoms with van der Waals surface area (Å²) in [4.78, 5) is 40.8. The van der Waals surface area contributed by atoms with Gasteiger partial charge < -0.3 is 10.1 Å². The summed E-state index contributed by atoms with van der Waals surface area (Å²) in [5, 5.41) is 10.8. The van der Waals surface area contributed by atoms with Gasteiger partial charge in [-0.15, -0.1) is 23.7 Å². The fourth-order valence-electron chi connectivity index (χ4n) is 1.89. The van der Waals surface area contributed by atoms with Crippen molar-refractivity contribution in [2.45, 2.75) is 0 Å². The molecule has 0 saturated carbocycles. The molecule has 0 spiro atoms. The van der Waals surface area contributed by atoms with Crippen LogP contribution in [0.3, 0.4) is 0 Å². The Morgan fingerprint density at radius 2 is 2.14 bits per heavy atom. The van der Waals surface area contributed by atoms with Crippen molar-refractivity contribution in [2.75, 3.05) is 0 Å². The Morgan fingerprint density at radius 3 is 2.73 bits per heavy atom. The van der Waals surface area contributed by atoms with Crippen molar-refractivity contribution < 1.29 is 14.3 Å². The van der Waals surface area contributed by atoms with Gasteiger partial charge in [-0.1, -0.05) is 0 Å². The van der Waals surface area contributed by atoms with Crippen LogP contribution in [0.1, 0.15) is 10.4 Å². The summed E-state index contributed by atoms with van der Waals surface area (Å²) in [5.74, 6) is -2.60. The Balaban J connectivity index is 0.00000176. The minimum atomic E-state index is -1.45. The maximum atomic E-state index is 13.4. The lowest BCUT2D eigenvalue weighted by molar-refractivity contribution is 0.0695. The molecule has 0 aromatic carbocycles. The van der Waals surface area contributed by atoms with E-state index in [2.05, 4.69) is 9.97 Å². The molecule has 3 aromatic rings. The number of nitrogens with zero attached hydrogens (tertiary/aromatic N) is 2. The van der Waals surface area contributed by atoms with Gasteiger partial charge in [-0.25, -0.2) is 14.2 Å². The van der Waals surface area contributed by atoms with Crippen molar-refractivity contribution >= 4 is 40.7 Å². The van der Waals surface area contributed by atoms with E-state index >= 15 is 0 Å². The number of carboxylic acid groups (broad SMARTS) is 1. The Morgan fingerprint density at radius 1 is 1.41 bits per heavy atom. The van der Waals surface area contributed by atoms with Gasteiger partial charge in [0.15, 0.2) is 10.9 Å². The van der Waals surface area contributed by atoms with E-state index in [9.17, 15) is 18.8 Å². The Kier molecular flexibility index (Phi) is 4.11. The van der Waals surface area contributed by atoms with E-state index in [0.717, 1.165) is 12.3 Å².